The monoisotopic (exact) mass is 387 g/mol. The highest BCUT2D eigenvalue weighted by Crippen LogP contribution is 2.27. The number of benzene rings is 1. The van der Waals surface area contributed by atoms with E-state index < -0.39 is 10.0 Å². The number of aryl methyl sites for hydroxylation is 1. The van der Waals surface area contributed by atoms with Gasteiger partial charge in [-0.3, -0.25) is 9.78 Å². The summed E-state index contributed by atoms with van der Waals surface area (Å²) in [6.07, 6.45) is 6.01. The number of hydrogen-bond acceptors (Lipinski definition) is 4. The minimum atomic E-state index is -3.60. The molecule has 2 heterocycles. The number of amides is 1. The van der Waals surface area contributed by atoms with Crippen LogP contribution in [0.2, 0.25) is 0 Å². The lowest BCUT2D eigenvalue weighted by atomic mass is 10.0. The minimum Gasteiger partial charge on any atom is -0.352 e. The molecule has 0 bridgehead atoms. The molecule has 0 unspecified atom stereocenters. The fraction of sp³-hybridized carbons (Fsp3) is 0.400. The van der Waals surface area contributed by atoms with Crippen LogP contribution in [0, 0.1) is 6.92 Å². The van der Waals surface area contributed by atoms with Crippen molar-refractivity contribution in [2.45, 2.75) is 50.1 Å². The van der Waals surface area contributed by atoms with Crippen molar-refractivity contribution in [2.24, 2.45) is 0 Å². The molecule has 1 aliphatic heterocycles. The lowest BCUT2D eigenvalue weighted by Gasteiger charge is -2.34. The van der Waals surface area contributed by atoms with E-state index in [1.54, 1.807) is 36.7 Å². The Morgan fingerprint density at radius 1 is 1.22 bits per heavy atom. The maximum absolute atomic E-state index is 13.1. The van der Waals surface area contributed by atoms with E-state index in [-0.39, 0.29) is 23.3 Å². The molecule has 144 valence electrons. The van der Waals surface area contributed by atoms with Crippen LogP contribution in [0.1, 0.15) is 36.8 Å². The molecular weight excluding hydrogens is 362 g/mol. The van der Waals surface area contributed by atoms with Crippen LogP contribution in [0.25, 0.3) is 0 Å². The van der Waals surface area contributed by atoms with Gasteiger partial charge < -0.3 is 5.32 Å². The van der Waals surface area contributed by atoms with Gasteiger partial charge >= 0.3 is 0 Å². The Labute approximate surface area is 160 Å². The zero-order valence-corrected chi connectivity index (χ0v) is 16.3. The van der Waals surface area contributed by atoms with E-state index in [1.807, 2.05) is 19.1 Å². The molecule has 1 aromatic heterocycles. The van der Waals surface area contributed by atoms with Gasteiger partial charge in [-0.2, -0.15) is 4.31 Å². The van der Waals surface area contributed by atoms with E-state index in [4.69, 9.17) is 0 Å². The predicted molar refractivity (Wildman–Crippen MR) is 103 cm³/mol. The second-order valence-corrected chi connectivity index (χ2v) is 8.81. The summed E-state index contributed by atoms with van der Waals surface area (Å²) < 4.78 is 27.6. The van der Waals surface area contributed by atoms with Crippen LogP contribution in [0.3, 0.4) is 0 Å². The van der Waals surface area contributed by atoms with E-state index in [1.165, 1.54) is 4.31 Å². The van der Waals surface area contributed by atoms with Gasteiger partial charge in [0.15, 0.2) is 0 Å². The van der Waals surface area contributed by atoms with Gasteiger partial charge in [0.05, 0.1) is 4.90 Å². The number of rotatable bonds is 6. The zero-order valence-electron chi connectivity index (χ0n) is 15.5. The van der Waals surface area contributed by atoms with E-state index in [2.05, 4.69) is 10.3 Å². The van der Waals surface area contributed by atoms with Gasteiger partial charge in [0.25, 0.3) is 0 Å². The van der Waals surface area contributed by atoms with E-state index in [0.717, 1.165) is 24.0 Å². The maximum atomic E-state index is 13.1. The third-order valence-corrected chi connectivity index (χ3v) is 6.80. The molecule has 1 aromatic carbocycles. The summed E-state index contributed by atoms with van der Waals surface area (Å²) in [5, 5.41) is 2.87. The number of piperidine rings is 1. The quantitative estimate of drug-likeness (QED) is 0.826. The summed E-state index contributed by atoms with van der Waals surface area (Å²) in [6, 6.07) is 10.3. The Balaban J connectivity index is 1.67. The first-order valence-corrected chi connectivity index (χ1v) is 10.6. The molecule has 1 aliphatic rings. The van der Waals surface area contributed by atoms with Crippen molar-refractivity contribution in [3.8, 4) is 0 Å². The number of nitrogens with zero attached hydrogens (tertiary/aromatic N) is 2. The van der Waals surface area contributed by atoms with Gasteiger partial charge in [0.2, 0.25) is 15.9 Å². The van der Waals surface area contributed by atoms with Crippen LogP contribution < -0.4 is 5.32 Å². The molecule has 7 heteroatoms. The van der Waals surface area contributed by atoms with Crippen LogP contribution in [-0.4, -0.2) is 36.2 Å². The molecule has 1 amide bonds. The first kappa shape index (κ1) is 19.5. The van der Waals surface area contributed by atoms with Gasteiger partial charge in [-0.05, 0) is 43.5 Å². The van der Waals surface area contributed by atoms with Gasteiger partial charge in [0.1, 0.15) is 0 Å². The molecule has 1 fully saturated rings. The molecule has 1 N–H and O–H groups in total. The number of carbonyl (C=O) groups excluding carboxylic acids is 1. The largest absolute Gasteiger partial charge is 0.352 e. The van der Waals surface area contributed by atoms with Crippen LogP contribution in [0.4, 0.5) is 0 Å². The summed E-state index contributed by atoms with van der Waals surface area (Å²) in [5.74, 6) is -0.144. The van der Waals surface area contributed by atoms with Gasteiger partial charge in [0, 0.05) is 37.9 Å². The number of carbonyl (C=O) groups is 1. The molecule has 3 rings (SSSR count). The van der Waals surface area contributed by atoms with Crippen LogP contribution >= 0.6 is 0 Å². The molecule has 0 aliphatic carbocycles. The molecule has 1 saturated heterocycles. The van der Waals surface area contributed by atoms with Crippen molar-refractivity contribution in [3.63, 3.8) is 0 Å². The Bertz CT molecular complexity index is 867. The average Bonchev–Trinajstić information content (AvgIpc) is 2.68. The second-order valence-electron chi connectivity index (χ2n) is 6.92. The molecule has 0 radical (unpaired) electrons. The van der Waals surface area contributed by atoms with Gasteiger partial charge in [-0.15, -0.1) is 0 Å². The smallest absolute Gasteiger partial charge is 0.243 e. The van der Waals surface area contributed by atoms with Crippen LogP contribution in [0.15, 0.2) is 53.7 Å². The molecule has 1 atom stereocenters. The summed E-state index contributed by atoms with van der Waals surface area (Å²) >= 11 is 0. The Morgan fingerprint density at radius 3 is 2.70 bits per heavy atom. The van der Waals surface area contributed by atoms with Crippen molar-refractivity contribution in [1.29, 1.82) is 0 Å². The van der Waals surface area contributed by atoms with Crippen molar-refractivity contribution in [3.05, 3.63) is 59.9 Å². The molecule has 6 nitrogen and oxygen atoms in total. The first-order chi connectivity index (χ1) is 13.0. The van der Waals surface area contributed by atoms with E-state index >= 15 is 0 Å². The van der Waals surface area contributed by atoms with E-state index in [0.29, 0.717) is 19.5 Å². The van der Waals surface area contributed by atoms with Crippen molar-refractivity contribution in [2.75, 3.05) is 6.54 Å². The zero-order chi connectivity index (χ0) is 19.3. The fourth-order valence-electron chi connectivity index (χ4n) is 3.33. The average molecular weight is 388 g/mol. The third-order valence-electron chi connectivity index (χ3n) is 4.83. The highest BCUT2D eigenvalue weighted by atomic mass is 32.2. The number of pyridine rings is 1. The molecule has 27 heavy (non-hydrogen) atoms. The lowest BCUT2D eigenvalue weighted by Crippen LogP contribution is -2.45. The number of sulfonamides is 1. The number of hydrogen-bond donors (Lipinski definition) is 1. The van der Waals surface area contributed by atoms with Gasteiger partial charge in [-0.25, -0.2) is 8.42 Å². The summed E-state index contributed by atoms with van der Waals surface area (Å²) in [4.78, 5) is 16.7. The van der Waals surface area contributed by atoms with Gasteiger partial charge in [-0.1, -0.05) is 30.2 Å². The topological polar surface area (TPSA) is 79.4 Å². The van der Waals surface area contributed by atoms with Crippen molar-refractivity contribution < 1.29 is 13.2 Å². The number of nitrogens with one attached hydrogen (secondary N) is 1. The predicted octanol–water partition coefficient (Wildman–Crippen LogP) is 2.64. The molecule has 0 spiro atoms. The van der Waals surface area contributed by atoms with Crippen LogP contribution in [0.5, 0.6) is 0 Å². The Kier molecular flexibility index (Phi) is 6.23. The lowest BCUT2D eigenvalue weighted by molar-refractivity contribution is -0.122. The summed E-state index contributed by atoms with van der Waals surface area (Å²) in [7, 11) is -3.60. The Hall–Kier alpha value is -2.25. The SMILES string of the molecule is Cc1ccc(S(=O)(=O)N2CCCC[C@@H]2CC(=O)NCc2cccnc2)cc1. The number of aromatic nitrogens is 1. The summed E-state index contributed by atoms with van der Waals surface area (Å²) in [5.41, 5.74) is 1.93. The summed E-state index contributed by atoms with van der Waals surface area (Å²) in [6.45, 7) is 2.77. The van der Waals surface area contributed by atoms with Crippen molar-refractivity contribution >= 4 is 15.9 Å². The van der Waals surface area contributed by atoms with E-state index in [9.17, 15) is 13.2 Å². The maximum Gasteiger partial charge on any atom is 0.243 e. The molecule has 0 saturated carbocycles. The highest BCUT2D eigenvalue weighted by molar-refractivity contribution is 7.89. The minimum absolute atomic E-state index is 0.144. The fourth-order valence-corrected chi connectivity index (χ4v) is 5.02. The molecular formula is C20H25N3O3S. The van der Waals surface area contributed by atoms with Crippen molar-refractivity contribution in [1.82, 2.24) is 14.6 Å². The van der Waals surface area contributed by atoms with Crippen LogP contribution in [-0.2, 0) is 21.4 Å². The first-order valence-electron chi connectivity index (χ1n) is 9.21. The second kappa shape index (κ2) is 8.63. The third kappa shape index (κ3) is 4.93. The standard InChI is InChI=1S/C20H25N3O3S/c1-16-7-9-19(10-8-16)27(25,26)23-12-3-2-6-18(23)13-20(24)22-15-17-5-4-11-21-14-17/h4-5,7-11,14,18H,2-3,6,12-13,15H2,1H3,(H,22,24)/t18-/m1/s1. The molecule has 2 aromatic rings. The highest BCUT2D eigenvalue weighted by Gasteiger charge is 2.34. The Morgan fingerprint density at radius 2 is 2.00 bits per heavy atom. The normalized spacial score (nSPS) is 18.2.